The molecular formula is C21H21F6N5O6. The molecule has 0 aliphatic carbocycles. The summed E-state index contributed by atoms with van der Waals surface area (Å²) in [6.07, 6.45) is -4.89. The average Bonchev–Trinajstić information content (AvgIpc) is 3.49. The van der Waals surface area contributed by atoms with Gasteiger partial charge in [0.05, 0.1) is 26.0 Å². The molecule has 208 valence electrons. The van der Waals surface area contributed by atoms with Crippen molar-refractivity contribution in [3.63, 3.8) is 0 Å². The van der Waals surface area contributed by atoms with Gasteiger partial charge in [0.25, 0.3) is 0 Å². The Morgan fingerprint density at radius 1 is 0.974 bits per heavy atom. The van der Waals surface area contributed by atoms with Crippen LogP contribution in [0.25, 0.3) is 0 Å². The minimum atomic E-state index is -5.08. The Labute approximate surface area is 210 Å². The van der Waals surface area contributed by atoms with Crippen LogP contribution in [-0.2, 0) is 47.2 Å². The second-order valence-corrected chi connectivity index (χ2v) is 7.43. The average molecular weight is 553 g/mol. The van der Waals surface area contributed by atoms with Crippen molar-refractivity contribution in [3.05, 3.63) is 65.9 Å². The van der Waals surface area contributed by atoms with Crippen LogP contribution >= 0.6 is 0 Å². The molecule has 11 nitrogen and oxygen atoms in total. The van der Waals surface area contributed by atoms with Crippen molar-refractivity contribution in [3.8, 4) is 0 Å². The fourth-order valence-electron chi connectivity index (χ4n) is 2.88. The normalized spacial score (nSPS) is 13.4. The standard InChI is InChI=1S/C17H19N5O2.2C2HF3O2/c1-3-14(9-18-5-1)12-23-13-17-20-19-16-11-21(6-7-22(16)17)10-15-4-2-8-24-15;2*3-2(4,5)1(6)7/h1-5,8-9H,6-7,10-13H2;2*(H,6,7). The quantitative estimate of drug-likeness (QED) is 0.437. The summed E-state index contributed by atoms with van der Waals surface area (Å²) in [5, 5.41) is 22.8. The number of aliphatic carboxylic acids is 2. The summed E-state index contributed by atoms with van der Waals surface area (Å²) in [4.78, 5) is 24.2. The summed E-state index contributed by atoms with van der Waals surface area (Å²) < 4.78 is 76.8. The fraction of sp³-hybridized carbons (Fsp3) is 0.381. The molecule has 0 aromatic carbocycles. The molecule has 4 heterocycles. The lowest BCUT2D eigenvalue weighted by atomic mass is 10.3. The molecule has 0 atom stereocenters. The summed E-state index contributed by atoms with van der Waals surface area (Å²) in [6.45, 7) is 4.37. The molecule has 3 aromatic heterocycles. The second-order valence-electron chi connectivity index (χ2n) is 7.43. The van der Waals surface area contributed by atoms with Crippen LogP contribution in [0, 0.1) is 0 Å². The topological polar surface area (TPSA) is 144 Å². The van der Waals surface area contributed by atoms with Gasteiger partial charge in [-0.2, -0.15) is 26.3 Å². The Hall–Kier alpha value is -3.99. The summed E-state index contributed by atoms with van der Waals surface area (Å²) in [7, 11) is 0. The van der Waals surface area contributed by atoms with Crippen molar-refractivity contribution in [2.24, 2.45) is 0 Å². The van der Waals surface area contributed by atoms with Crippen LogP contribution in [0.3, 0.4) is 0 Å². The van der Waals surface area contributed by atoms with Crippen molar-refractivity contribution < 1.29 is 55.3 Å². The van der Waals surface area contributed by atoms with Gasteiger partial charge in [-0.15, -0.1) is 10.2 Å². The van der Waals surface area contributed by atoms with Gasteiger partial charge in [0.2, 0.25) is 0 Å². The molecule has 0 bridgehead atoms. The van der Waals surface area contributed by atoms with E-state index in [0.29, 0.717) is 13.2 Å². The molecular weight excluding hydrogens is 532 g/mol. The number of carboxylic acid groups (broad SMARTS) is 2. The lowest BCUT2D eigenvalue weighted by Gasteiger charge is -2.26. The number of furan rings is 1. The molecule has 1 aliphatic rings. The lowest BCUT2D eigenvalue weighted by Crippen LogP contribution is -2.33. The molecule has 3 aromatic rings. The predicted molar refractivity (Wildman–Crippen MR) is 113 cm³/mol. The molecule has 2 N–H and O–H groups in total. The predicted octanol–water partition coefficient (Wildman–Crippen LogP) is 3.27. The van der Waals surface area contributed by atoms with E-state index in [1.165, 1.54) is 0 Å². The minimum absolute atomic E-state index is 0.458. The Kier molecular flexibility index (Phi) is 10.8. The van der Waals surface area contributed by atoms with Crippen molar-refractivity contribution in [1.29, 1.82) is 0 Å². The summed E-state index contributed by atoms with van der Waals surface area (Å²) in [5.74, 6) is -2.68. The third-order valence-electron chi connectivity index (χ3n) is 4.58. The monoisotopic (exact) mass is 553 g/mol. The van der Waals surface area contributed by atoms with Crippen molar-refractivity contribution in [2.45, 2.75) is 45.2 Å². The number of fused-ring (bicyclic) bond motifs is 1. The largest absolute Gasteiger partial charge is 0.490 e. The molecule has 0 saturated carbocycles. The molecule has 38 heavy (non-hydrogen) atoms. The van der Waals surface area contributed by atoms with Gasteiger partial charge in [-0.1, -0.05) is 6.07 Å². The number of nitrogens with zero attached hydrogens (tertiary/aromatic N) is 5. The van der Waals surface area contributed by atoms with E-state index in [1.54, 1.807) is 12.5 Å². The van der Waals surface area contributed by atoms with Crippen LogP contribution in [-0.4, -0.2) is 65.7 Å². The highest BCUT2D eigenvalue weighted by Gasteiger charge is 2.38. The van der Waals surface area contributed by atoms with E-state index >= 15 is 0 Å². The molecule has 0 radical (unpaired) electrons. The molecule has 17 heteroatoms. The first-order valence-corrected chi connectivity index (χ1v) is 10.5. The third-order valence-corrected chi connectivity index (χ3v) is 4.58. The number of hydrogen-bond donors (Lipinski definition) is 2. The van der Waals surface area contributed by atoms with E-state index in [2.05, 4.69) is 24.6 Å². The Morgan fingerprint density at radius 3 is 2.16 bits per heavy atom. The van der Waals surface area contributed by atoms with E-state index in [1.807, 2.05) is 30.5 Å². The van der Waals surface area contributed by atoms with Gasteiger partial charge in [-0.25, -0.2) is 9.59 Å². The zero-order valence-electron chi connectivity index (χ0n) is 19.3. The molecule has 0 amide bonds. The zero-order valence-corrected chi connectivity index (χ0v) is 19.3. The van der Waals surface area contributed by atoms with E-state index in [0.717, 1.165) is 49.2 Å². The van der Waals surface area contributed by atoms with E-state index < -0.39 is 24.3 Å². The molecule has 0 fully saturated rings. The number of aromatic nitrogens is 4. The first-order chi connectivity index (χ1) is 17.8. The third kappa shape index (κ3) is 10.2. The first-order valence-electron chi connectivity index (χ1n) is 10.5. The van der Waals surface area contributed by atoms with Crippen LogP contribution in [0.4, 0.5) is 26.3 Å². The number of ether oxygens (including phenoxy) is 1. The van der Waals surface area contributed by atoms with Gasteiger partial charge in [-0.3, -0.25) is 9.88 Å². The number of rotatable bonds is 6. The van der Waals surface area contributed by atoms with E-state index in [4.69, 9.17) is 29.0 Å². The summed E-state index contributed by atoms with van der Waals surface area (Å²) in [5.41, 5.74) is 1.06. The van der Waals surface area contributed by atoms with Gasteiger partial charge < -0.3 is 23.9 Å². The molecule has 4 rings (SSSR count). The number of carboxylic acids is 2. The van der Waals surface area contributed by atoms with Gasteiger partial charge in [0.1, 0.15) is 18.2 Å². The number of alkyl halides is 6. The Balaban J connectivity index is 0.000000301. The van der Waals surface area contributed by atoms with Gasteiger partial charge in [0.15, 0.2) is 5.82 Å². The molecule has 0 unspecified atom stereocenters. The maximum atomic E-state index is 10.6. The highest BCUT2D eigenvalue weighted by Crippen LogP contribution is 2.17. The first kappa shape index (κ1) is 30.2. The van der Waals surface area contributed by atoms with Crippen LogP contribution in [0.2, 0.25) is 0 Å². The SMILES string of the molecule is O=C(O)C(F)(F)F.O=C(O)C(F)(F)F.c1cncc(COCc2nnc3n2CCN(Cc2ccco2)C3)c1. The smallest absolute Gasteiger partial charge is 0.475 e. The van der Waals surface area contributed by atoms with Crippen LogP contribution < -0.4 is 0 Å². The molecule has 1 aliphatic heterocycles. The van der Waals surface area contributed by atoms with Crippen molar-refractivity contribution in [2.75, 3.05) is 6.54 Å². The Bertz CT molecular complexity index is 1130. The van der Waals surface area contributed by atoms with Gasteiger partial charge in [-0.05, 0) is 23.8 Å². The second kappa shape index (κ2) is 13.5. The van der Waals surface area contributed by atoms with E-state index in [9.17, 15) is 26.3 Å². The number of hydrogen-bond acceptors (Lipinski definition) is 8. The maximum Gasteiger partial charge on any atom is 0.490 e. The van der Waals surface area contributed by atoms with Gasteiger partial charge >= 0.3 is 24.3 Å². The molecule has 0 spiro atoms. The minimum Gasteiger partial charge on any atom is -0.475 e. The van der Waals surface area contributed by atoms with Crippen molar-refractivity contribution in [1.82, 2.24) is 24.6 Å². The van der Waals surface area contributed by atoms with Crippen LogP contribution in [0.5, 0.6) is 0 Å². The number of carbonyl (C=O) groups is 2. The fourth-order valence-corrected chi connectivity index (χ4v) is 2.88. The summed E-state index contributed by atoms with van der Waals surface area (Å²) >= 11 is 0. The highest BCUT2D eigenvalue weighted by molar-refractivity contribution is 5.73. The van der Waals surface area contributed by atoms with Gasteiger partial charge in [0, 0.05) is 25.5 Å². The lowest BCUT2D eigenvalue weighted by molar-refractivity contribution is -0.193. The molecule has 0 saturated heterocycles. The maximum absolute atomic E-state index is 10.6. The van der Waals surface area contributed by atoms with Crippen LogP contribution in [0.1, 0.15) is 23.0 Å². The summed E-state index contributed by atoms with van der Waals surface area (Å²) in [6, 6.07) is 7.82. The Morgan fingerprint density at radius 2 is 1.63 bits per heavy atom. The highest BCUT2D eigenvalue weighted by atomic mass is 19.4. The van der Waals surface area contributed by atoms with Crippen LogP contribution in [0.15, 0.2) is 47.3 Å². The van der Waals surface area contributed by atoms with E-state index in [-0.39, 0.29) is 0 Å². The zero-order chi connectivity index (χ0) is 28.3. The number of halogens is 6. The number of pyridine rings is 1. The van der Waals surface area contributed by atoms with Crippen molar-refractivity contribution >= 4 is 11.9 Å².